The highest BCUT2D eigenvalue weighted by Gasteiger charge is 2.14. The van der Waals surface area contributed by atoms with Crippen LogP contribution in [0.2, 0.25) is 0 Å². The first-order chi connectivity index (χ1) is 7.54. The van der Waals surface area contributed by atoms with Gasteiger partial charge in [0, 0.05) is 5.69 Å². The summed E-state index contributed by atoms with van der Waals surface area (Å²) in [6.45, 7) is 1.79. The fraction of sp³-hybridized carbons (Fsp3) is 0.273. The van der Waals surface area contributed by atoms with Crippen LogP contribution in [0.1, 0.15) is 18.4 Å². The molecule has 0 heterocycles. The topological polar surface area (TPSA) is 64.3 Å². The molecule has 0 spiro atoms. The molecule has 0 aliphatic carbocycles. The Bertz CT molecular complexity index is 389. The number of carbonyl (C=O) groups excluding carboxylic acids is 1. The Morgan fingerprint density at radius 2 is 2.00 bits per heavy atom. The van der Waals surface area contributed by atoms with Gasteiger partial charge in [0.2, 0.25) is 0 Å². The molecular formula is C11H14N2O2S. The zero-order valence-electron chi connectivity index (χ0n) is 9.19. The van der Waals surface area contributed by atoms with E-state index in [9.17, 15) is 4.79 Å². The lowest BCUT2D eigenvalue weighted by molar-refractivity contribution is -0.141. The molecule has 1 atom stereocenters. The summed E-state index contributed by atoms with van der Waals surface area (Å²) >= 11 is 4.71. The molecule has 0 aliphatic heterocycles. The van der Waals surface area contributed by atoms with E-state index in [0.717, 1.165) is 11.3 Å². The number of nitrogens with two attached hydrogens (primary N) is 1. The van der Waals surface area contributed by atoms with Crippen molar-refractivity contribution in [3.05, 3.63) is 29.8 Å². The third-order valence-corrected chi connectivity index (χ3v) is 2.34. The molecule has 86 valence electrons. The smallest absolute Gasteiger partial charge is 0.312 e. The molecule has 0 saturated heterocycles. The quantitative estimate of drug-likeness (QED) is 0.619. The van der Waals surface area contributed by atoms with Gasteiger partial charge in [-0.2, -0.15) is 0 Å². The standard InChI is InChI=1S/C11H14N2O2S/c1-7(10(14)15-2)8-3-5-9(6-4-8)13-11(12)16/h3-7H,1-2H3,(H3,12,13,16)/t7-/m1/s1. The maximum Gasteiger partial charge on any atom is 0.312 e. The third-order valence-electron chi connectivity index (χ3n) is 2.23. The molecule has 0 aliphatic rings. The molecule has 16 heavy (non-hydrogen) atoms. The number of rotatable bonds is 3. The van der Waals surface area contributed by atoms with Crippen molar-refractivity contribution in [3.63, 3.8) is 0 Å². The van der Waals surface area contributed by atoms with E-state index in [1.165, 1.54) is 7.11 Å². The lowest BCUT2D eigenvalue weighted by atomic mass is 10.0. The summed E-state index contributed by atoms with van der Waals surface area (Å²) in [5.41, 5.74) is 7.03. The van der Waals surface area contributed by atoms with E-state index in [1.54, 1.807) is 6.92 Å². The first-order valence-electron chi connectivity index (χ1n) is 4.79. The van der Waals surface area contributed by atoms with E-state index in [2.05, 4.69) is 10.1 Å². The summed E-state index contributed by atoms with van der Waals surface area (Å²) in [7, 11) is 1.38. The Balaban J connectivity index is 2.78. The molecule has 0 radical (unpaired) electrons. The van der Waals surface area contributed by atoms with Crippen molar-refractivity contribution in [2.45, 2.75) is 12.8 Å². The van der Waals surface area contributed by atoms with Crippen LogP contribution in [-0.4, -0.2) is 18.2 Å². The minimum atomic E-state index is -0.274. The van der Waals surface area contributed by atoms with E-state index in [-0.39, 0.29) is 17.0 Å². The molecule has 1 aromatic rings. The summed E-state index contributed by atoms with van der Waals surface area (Å²) < 4.78 is 4.67. The minimum Gasteiger partial charge on any atom is -0.469 e. The number of hydrogen-bond acceptors (Lipinski definition) is 3. The van der Waals surface area contributed by atoms with E-state index < -0.39 is 0 Å². The average molecular weight is 238 g/mol. The maximum absolute atomic E-state index is 11.3. The predicted molar refractivity (Wildman–Crippen MR) is 67.3 cm³/mol. The second-order valence-corrected chi connectivity index (χ2v) is 3.80. The van der Waals surface area contributed by atoms with Gasteiger partial charge in [0.05, 0.1) is 13.0 Å². The molecule has 0 saturated carbocycles. The van der Waals surface area contributed by atoms with E-state index in [1.807, 2.05) is 24.3 Å². The number of anilines is 1. The van der Waals surface area contributed by atoms with Crippen LogP contribution < -0.4 is 11.1 Å². The van der Waals surface area contributed by atoms with E-state index in [0.29, 0.717) is 0 Å². The highest BCUT2D eigenvalue weighted by Crippen LogP contribution is 2.18. The lowest BCUT2D eigenvalue weighted by Gasteiger charge is -2.10. The number of carbonyl (C=O) groups is 1. The summed E-state index contributed by atoms with van der Waals surface area (Å²) in [5.74, 6) is -0.529. The first kappa shape index (κ1) is 12.4. The number of methoxy groups -OCH3 is 1. The van der Waals surface area contributed by atoms with Crippen molar-refractivity contribution in [2.24, 2.45) is 5.73 Å². The SMILES string of the molecule is COC(=O)[C@H](C)c1ccc(NC(N)=S)cc1. The number of esters is 1. The molecule has 1 aromatic carbocycles. The number of thiocarbonyl (C=S) groups is 1. The van der Waals surface area contributed by atoms with Gasteiger partial charge in [0.1, 0.15) is 0 Å². The molecular weight excluding hydrogens is 224 g/mol. The lowest BCUT2D eigenvalue weighted by Crippen LogP contribution is -2.18. The molecule has 0 aromatic heterocycles. The molecule has 3 N–H and O–H groups in total. The maximum atomic E-state index is 11.3. The van der Waals surface area contributed by atoms with Crippen LogP contribution in [0, 0.1) is 0 Å². The van der Waals surface area contributed by atoms with Gasteiger partial charge < -0.3 is 15.8 Å². The largest absolute Gasteiger partial charge is 0.469 e. The summed E-state index contributed by atoms with van der Waals surface area (Å²) in [4.78, 5) is 11.3. The highest BCUT2D eigenvalue weighted by molar-refractivity contribution is 7.80. The fourth-order valence-electron chi connectivity index (χ4n) is 1.31. The van der Waals surface area contributed by atoms with Gasteiger partial charge >= 0.3 is 5.97 Å². The average Bonchev–Trinajstić information content (AvgIpc) is 2.27. The minimum absolute atomic E-state index is 0.216. The van der Waals surface area contributed by atoms with Crippen molar-refractivity contribution in [1.82, 2.24) is 0 Å². The van der Waals surface area contributed by atoms with Crippen LogP contribution in [0.4, 0.5) is 5.69 Å². The Kier molecular flexibility index (Phi) is 4.25. The van der Waals surface area contributed by atoms with Crippen LogP contribution in [0.5, 0.6) is 0 Å². The molecule has 4 nitrogen and oxygen atoms in total. The van der Waals surface area contributed by atoms with Gasteiger partial charge in [-0.25, -0.2) is 0 Å². The van der Waals surface area contributed by atoms with Crippen LogP contribution >= 0.6 is 12.2 Å². The molecule has 5 heteroatoms. The van der Waals surface area contributed by atoms with Gasteiger partial charge in [-0.1, -0.05) is 12.1 Å². The van der Waals surface area contributed by atoms with E-state index >= 15 is 0 Å². The molecule has 1 rings (SSSR count). The zero-order chi connectivity index (χ0) is 12.1. The summed E-state index contributed by atoms with van der Waals surface area (Å²) in [6.07, 6.45) is 0. The third kappa shape index (κ3) is 3.20. The Labute approximate surface area is 99.8 Å². The first-order valence-corrected chi connectivity index (χ1v) is 5.19. The van der Waals surface area contributed by atoms with Gasteiger partial charge in [-0.05, 0) is 36.8 Å². The van der Waals surface area contributed by atoms with Gasteiger partial charge in [0.25, 0.3) is 0 Å². The number of benzene rings is 1. The van der Waals surface area contributed by atoms with Crippen LogP contribution in [0.3, 0.4) is 0 Å². The molecule has 0 fully saturated rings. The summed E-state index contributed by atoms with van der Waals surface area (Å²) in [6, 6.07) is 7.30. The van der Waals surface area contributed by atoms with Crippen molar-refractivity contribution in [3.8, 4) is 0 Å². The monoisotopic (exact) mass is 238 g/mol. The second-order valence-electron chi connectivity index (χ2n) is 3.36. The summed E-state index contributed by atoms with van der Waals surface area (Å²) in [5, 5.41) is 3.02. The van der Waals surface area contributed by atoms with Crippen LogP contribution in [0.15, 0.2) is 24.3 Å². The number of ether oxygens (including phenoxy) is 1. The van der Waals surface area contributed by atoms with Crippen molar-refractivity contribution in [1.29, 1.82) is 0 Å². The highest BCUT2D eigenvalue weighted by atomic mass is 32.1. The van der Waals surface area contributed by atoms with Gasteiger partial charge in [-0.15, -0.1) is 0 Å². The van der Waals surface area contributed by atoms with Crippen LogP contribution in [0.25, 0.3) is 0 Å². The fourth-order valence-corrected chi connectivity index (χ4v) is 1.43. The molecule has 0 unspecified atom stereocenters. The Hall–Kier alpha value is -1.62. The number of hydrogen-bond donors (Lipinski definition) is 2. The van der Waals surface area contributed by atoms with Crippen molar-refractivity contribution < 1.29 is 9.53 Å². The zero-order valence-corrected chi connectivity index (χ0v) is 10.0. The van der Waals surface area contributed by atoms with Crippen molar-refractivity contribution >= 4 is 29.0 Å². The second kappa shape index (κ2) is 5.46. The predicted octanol–water partition coefficient (Wildman–Crippen LogP) is 1.62. The van der Waals surface area contributed by atoms with Crippen molar-refractivity contribution in [2.75, 3.05) is 12.4 Å². The molecule has 0 amide bonds. The molecule has 0 bridgehead atoms. The van der Waals surface area contributed by atoms with Crippen LogP contribution in [-0.2, 0) is 9.53 Å². The number of nitrogens with one attached hydrogen (secondary N) is 1. The Morgan fingerprint density at radius 3 is 2.44 bits per heavy atom. The normalized spacial score (nSPS) is 11.6. The Morgan fingerprint density at radius 1 is 1.44 bits per heavy atom. The van der Waals surface area contributed by atoms with E-state index in [4.69, 9.17) is 18.0 Å². The van der Waals surface area contributed by atoms with Gasteiger partial charge in [0.15, 0.2) is 5.11 Å². The van der Waals surface area contributed by atoms with Gasteiger partial charge in [-0.3, -0.25) is 4.79 Å².